The van der Waals surface area contributed by atoms with E-state index in [0.717, 1.165) is 0 Å². The van der Waals surface area contributed by atoms with Crippen LogP contribution in [0.5, 0.6) is 0 Å². The highest BCUT2D eigenvalue weighted by molar-refractivity contribution is 7.89. The van der Waals surface area contributed by atoms with Gasteiger partial charge in [-0.1, -0.05) is 30.1 Å². The molecule has 0 aromatic heterocycles. The van der Waals surface area contributed by atoms with Crippen LogP contribution in [0, 0.1) is 0 Å². The van der Waals surface area contributed by atoms with Crippen LogP contribution in [0.2, 0.25) is 10.0 Å². The normalized spacial score (nSPS) is 13.5. The Kier molecular flexibility index (Phi) is 5.88. The van der Waals surface area contributed by atoms with Gasteiger partial charge in [0.05, 0.1) is 10.7 Å². The first-order chi connectivity index (χ1) is 8.81. The number of nitrogen functional groups attached to an aromatic ring is 1. The van der Waals surface area contributed by atoms with Crippen LogP contribution in [0.15, 0.2) is 17.0 Å². The summed E-state index contributed by atoms with van der Waals surface area (Å²) in [6, 6.07) is 2.27. The van der Waals surface area contributed by atoms with Gasteiger partial charge in [0, 0.05) is 17.7 Å². The molecule has 8 heteroatoms. The van der Waals surface area contributed by atoms with E-state index in [0.29, 0.717) is 12.8 Å². The molecule has 0 saturated carbocycles. The van der Waals surface area contributed by atoms with Crippen molar-refractivity contribution in [2.75, 3.05) is 12.3 Å². The number of aliphatic hydroxyl groups excluding tert-OH is 1. The Morgan fingerprint density at radius 2 is 2.05 bits per heavy atom. The van der Waals surface area contributed by atoms with Gasteiger partial charge in [0.15, 0.2) is 0 Å². The zero-order valence-corrected chi connectivity index (χ0v) is 12.7. The summed E-state index contributed by atoms with van der Waals surface area (Å²) in [7, 11) is -3.85. The molecule has 0 bridgehead atoms. The minimum Gasteiger partial charge on any atom is -0.398 e. The molecular weight excluding hydrogens is 311 g/mol. The summed E-state index contributed by atoms with van der Waals surface area (Å²) >= 11 is 11.6. The number of anilines is 1. The maximum atomic E-state index is 12.2. The number of sulfonamides is 1. The summed E-state index contributed by atoms with van der Waals surface area (Å²) in [4.78, 5) is -0.185. The van der Waals surface area contributed by atoms with Crippen LogP contribution in [0.4, 0.5) is 5.69 Å². The zero-order chi connectivity index (χ0) is 14.6. The van der Waals surface area contributed by atoms with Gasteiger partial charge in [-0.3, -0.25) is 0 Å². The van der Waals surface area contributed by atoms with Gasteiger partial charge in [-0.25, -0.2) is 13.1 Å². The van der Waals surface area contributed by atoms with Crippen molar-refractivity contribution in [2.45, 2.75) is 30.7 Å². The Morgan fingerprint density at radius 1 is 1.42 bits per heavy atom. The van der Waals surface area contributed by atoms with Crippen molar-refractivity contribution in [3.63, 3.8) is 0 Å². The molecule has 0 saturated heterocycles. The van der Waals surface area contributed by atoms with Crippen molar-refractivity contribution in [1.82, 2.24) is 4.72 Å². The molecule has 19 heavy (non-hydrogen) atoms. The summed E-state index contributed by atoms with van der Waals surface area (Å²) in [6.45, 7) is 1.71. The summed E-state index contributed by atoms with van der Waals surface area (Å²) in [5.41, 5.74) is 5.65. The Balaban J connectivity index is 3.14. The highest BCUT2D eigenvalue weighted by atomic mass is 35.5. The summed E-state index contributed by atoms with van der Waals surface area (Å²) < 4.78 is 26.9. The van der Waals surface area contributed by atoms with Crippen molar-refractivity contribution in [3.05, 3.63) is 22.2 Å². The second kappa shape index (κ2) is 6.76. The van der Waals surface area contributed by atoms with E-state index in [1.54, 1.807) is 0 Å². The monoisotopic (exact) mass is 326 g/mol. The quantitative estimate of drug-likeness (QED) is 0.697. The molecular formula is C11H16Cl2N2O3S. The van der Waals surface area contributed by atoms with E-state index in [1.165, 1.54) is 12.1 Å². The SMILES string of the molecule is CCC(CCO)NS(=O)(=O)c1c(N)cc(Cl)cc1Cl. The minimum atomic E-state index is -3.85. The average molecular weight is 327 g/mol. The average Bonchev–Trinajstić information content (AvgIpc) is 2.25. The molecule has 0 heterocycles. The van der Waals surface area contributed by atoms with Crippen molar-refractivity contribution < 1.29 is 13.5 Å². The summed E-state index contributed by atoms with van der Waals surface area (Å²) in [6.07, 6.45) is 0.867. The van der Waals surface area contributed by atoms with Crippen molar-refractivity contribution in [3.8, 4) is 0 Å². The molecule has 0 radical (unpaired) electrons. The molecule has 0 fully saturated rings. The molecule has 1 aromatic rings. The van der Waals surface area contributed by atoms with Gasteiger partial charge in [0.1, 0.15) is 4.90 Å². The third-order valence-electron chi connectivity index (χ3n) is 2.60. The van der Waals surface area contributed by atoms with Crippen molar-refractivity contribution in [2.24, 2.45) is 0 Å². The third-order valence-corrected chi connectivity index (χ3v) is 4.86. The predicted octanol–water partition coefficient (Wildman–Crippen LogP) is 2.01. The Labute approximate surface area is 122 Å². The van der Waals surface area contributed by atoms with E-state index < -0.39 is 10.0 Å². The van der Waals surface area contributed by atoms with Crippen LogP contribution in [-0.4, -0.2) is 26.2 Å². The molecule has 1 atom stereocenters. The molecule has 0 aliphatic carbocycles. The number of benzene rings is 1. The lowest BCUT2D eigenvalue weighted by Crippen LogP contribution is -2.35. The van der Waals surface area contributed by atoms with Gasteiger partial charge in [-0.2, -0.15) is 0 Å². The Bertz CT molecular complexity index is 526. The van der Waals surface area contributed by atoms with Crippen LogP contribution in [0.1, 0.15) is 19.8 Å². The number of rotatable bonds is 6. The number of hydrogen-bond acceptors (Lipinski definition) is 4. The van der Waals surface area contributed by atoms with E-state index >= 15 is 0 Å². The van der Waals surface area contributed by atoms with Crippen LogP contribution in [0.3, 0.4) is 0 Å². The zero-order valence-electron chi connectivity index (χ0n) is 10.4. The third kappa shape index (κ3) is 4.22. The molecule has 5 nitrogen and oxygen atoms in total. The van der Waals surface area contributed by atoms with Crippen LogP contribution < -0.4 is 10.5 Å². The molecule has 0 spiro atoms. The maximum absolute atomic E-state index is 12.2. The lowest BCUT2D eigenvalue weighted by Gasteiger charge is -2.17. The van der Waals surface area contributed by atoms with Crippen molar-refractivity contribution in [1.29, 1.82) is 0 Å². The number of hydrogen-bond donors (Lipinski definition) is 3. The van der Waals surface area contributed by atoms with Gasteiger partial charge < -0.3 is 10.8 Å². The van der Waals surface area contributed by atoms with E-state index in [-0.39, 0.29) is 33.3 Å². The smallest absolute Gasteiger partial charge is 0.244 e. The molecule has 4 N–H and O–H groups in total. The topological polar surface area (TPSA) is 92.4 Å². The minimum absolute atomic E-state index is 0.0103. The van der Waals surface area contributed by atoms with E-state index in [4.69, 9.17) is 34.0 Å². The molecule has 0 aliphatic heterocycles. The number of aliphatic hydroxyl groups is 1. The fourth-order valence-electron chi connectivity index (χ4n) is 1.64. The van der Waals surface area contributed by atoms with E-state index in [9.17, 15) is 8.42 Å². The second-order valence-electron chi connectivity index (χ2n) is 4.04. The lowest BCUT2D eigenvalue weighted by atomic mass is 10.2. The molecule has 108 valence electrons. The van der Waals surface area contributed by atoms with Gasteiger partial charge in [0.25, 0.3) is 0 Å². The van der Waals surface area contributed by atoms with Gasteiger partial charge >= 0.3 is 0 Å². The summed E-state index contributed by atoms with van der Waals surface area (Å²) in [5, 5.41) is 9.11. The maximum Gasteiger partial charge on any atom is 0.244 e. The first kappa shape index (κ1) is 16.5. The molecule has 1 rings (SSSR count). The molecule has 0 amide bonds. The number of nitrogens with one attached hydrogen (secondary N) is 1. The summed E-state index contributed by atoms with van der Waals surface area (Å²) in [5.74, 6) is 0. The van der Waals surface area contributed by atoms with E-state index in [2.05, 4.69) is 4.72 Å². The second-order valence-corrected chi connectivity index (χ2v) is 6.54. The molecule has 1 aromatic carbocycles. The van der Waals surface area contributed by atoms with Crippen molar-refractivity contribution >= 4 is 38.9 Å². The van der Waals surface area contributed by atoms with Crippen LogP contribution in [0.25, 0.3) is 0 Å². The van der Waals surface area contributed by atoms with Gasteiger partial charge in [-0.05, 0) is 25.0 Å². The Hall–Kier alpha value is -0.530. The predicted molar refractivity (Wildman–Crippen MR) is 77.0 cm³/mol. The van der Waals surface area contributed by atoms with Crippen LogP contribution in [-0.2, 0) is 10.0 Å². The van der Waals surface area contributed by atoms with E-state index in [1.807, 2.05) is 6.92 Å². The fraction of sp³-hybridized carbons (Fsp3) is 0.455. The molecule has 0 aliphatic rings. The fourth-order valence-corrected chi connectivity index (χ4v) is 3.98. The molecule has 1 unspecified atom stereocenters. The standard InChI is InChI=1S/C11H16Cl2N2O3S/c1-2-8(3-4-16)15-19(17,18)11-9(13)5-7(12)6-10(11)14/h5-6,8,15-16H,2-4,14H2,1H3. The largest absolute Gasteiger partial charge is 0.398 e. The Morgan fingerprint density at radius 3 is 2.53 bits per heavy atom. The highest BCUT2D eigenvalue weighted by Gasteiger charge is 2.24. The number of nitrogens with two attached hydrogens (primary N) is 1. The van der Waals surface area contributed by atoms with Crippen LogP contribution >= 0.6 is 23.2 Å². The lowest BCUT2D eigenvalue weighted by molar-refractivity contribution is 0.270. The van der Waals surface area contributed by atoms with Gasteiger partial charge in [0.2, 0.25) is 10.0 Å². The first-order valence-corrected chi connectivity index (χ1v) is 7.93. The highest BCUT2D eigenvalue weighted by Crippen LogP contribution is 2.31. The van der Waals surface area contributed by atoms with Gasteiger partial charge in [-0.15, -0.1) is 0 Å². The first-order valence-electron chi connectivity index (χ1n) is 5.69. The number of halogens is 2.